The molecule has 0 aliphatic heterocycles. The average Bonchev–Trinajstić information content (AvgIpc) is 2.94. The zero-order valence-corrected chi connectivity index (χ0v) is 19.7. The van der Waals surface area contributed by atoms with Crippen molar-refractivity contribution in [2.24, 2.45) is 0 Å². The van der Waals surface area contributed by atoms with Crippen LogP contribution in [0, 0.1) is 0 Å². The van der Waals surface area contributed by atoms with Gasteiger partial charge in [-0.05, 0) is 12.1 Å². The van der Waals surface area contributed by atoms with Gasteiger partial charge in [-0.2, -0.15) is 0 Å². The molecule has 0 saturated carbocycles. The van der Waals surface area contributed by atoms with Crippen molar-refractivity contribution in [3.63, 3.8) is 0 Å². The molecule has 2 heterocycles. The molecule has 0 aliphatic rings. The van der Waals surface area contributed by atoms with Gasteiger partial charge in [-0.1, -0.05) is 72.8 Å². The maximum atomic E-state index is 11.9. The standard InChI is InChI=1S/C28H20N6O4/c35-27(36)19-15-29-23(17-9-3-1-4-10-17)33-25(19)31-21-13-7-8-14-22(21)32-26-20(28(37)38)16-30-24(34-26)18-11-5-2-6-12-18/h1-16H,(H,35,36)(H,37,38)(H,29,31,33)(H,30,32,34). The minimum absolute atomic E-state index is 0.0757. The molecule has 0 unspecified atom stereocenters. The summed E-state index contributed by atoms with van der Waals surface area (Å²) < 4.78 is 0. The highest BCUT2D eigenvalue weighted by atomic mass is 16.4. The van der Waals surface area contributed by atoms with E-state index in [-0.39, 0.29) is 22.8 Å². The molecule has 0 bridgehead atoms. The van der Waals surface area contributed by atoms with E-state index in [0.29, 0.717) is 23.0 Å². The lowest BCUT2D eigenvalue weighted by Crippen LogP contribution is -2.10. The van der Waals surface area contributed by atoms with Gasteiger partial charge in [0.2, 0.25) is 0 Å². The fourth-order valence-corrected chi connectivity index (χ4v) is 3.68. The number of rotatable bonds is 8. The Morgan fingerprint density at radius 2 is 0.921 bits per heavy atom. The zero-order valence-electron chi connectivity index (χ0n) is 19.7. The Morgan fingerprint density at radius 1 is 0.553 bits per heavy atom. The second kappa shape index (κ2) is 10.5. The van der Waals surface area contributed by atoms with E-state index in [1.807, 2.05) is 60.7 Å². The van der Waals surface area contributed by atoms with Gasteiger partial charge < -0.3 is 20.8 Å². The second-order valence-electron chi connectivity index (χ2n) is 8.05. The summed E-state index contributed by atoms with van der Waals surface area (Å²) >= 11 is 0. The first-order valence-corrected chi connectivity index (χ1v) is 11.4. The van der Waals surface area contributed by atoms with Crippen molar-refractivity contribution in [1.29, 1.82) is 0 Å². The van der Waals surface area contributed by atoms with Crippen LogP contribution >= 0.6 is 0 Å². The average molecular weight is 505 g/mol. The molecule has 4 N–H and O–H groups in total. The Kier molecular flexibility index (Phi) is 6.68. The minimum atomic E-state index is -1.20. The van der Waals surface area contributed by atoms with Gasteiger partial charge >= 0.3 is 11.9 Å². The van der Waals surface area contributed by atoms with Crippen LogP contribution in [0.4, 0.5) is 23.0 Å². The Morgan fingerprint density at radius 3 is 1.29 bits per heavy atom. The van der Waals surface area contributed by atoms with Gasteiger partial charge in [-0.15, -0.1) is 0 Å². The van der Waals surface area contributed by atoms with Crippen molar-refractivity contribution < 1.29 is 19.8 Å². The van der Waals surface area contributed by atoms with E-state index in [2.05, 4.69) is 30.6 Å². The number of nitrogens with zero attached hydrogens (tertiary/aromatic N) is 4. The van der Waals surface area contributed by atoms with Crippen LogP contribution in [0.5, 0.6) is 0 Å². The molecule has 3 aromatic carbocycles. The van der Waals surface area contributed by atoms with Crippen LogP contribution in [-0.4, -0.2) is 42.1 Å². The first-order valence-electron chi connectivity index (χ1n) is 11.4. The number of aromatic carboxylic acids is 2. The molecule has 0 spiro atoms. The van der Waals surface area contributed by atoms with Crippen LogP contribution in [0.15, 0.2) is 97.3 Å². The molecule has 10 nitrogen and oxygen atoms in total. The van der Waals surface area contributed by atoms with E-state index in [1.165, 1.54) is 12.4 Å². The van der Waals surface area contributed by atoms with Crippen LogP contribution in [0.3, 0.4) is 0 Å². The Hall–Kier alpha value is -5.64. The number of carboxylic acid groups (broad SMARTS) is 2. The lowest BCUT2D eigenvalue weighted by Gasteiger charge is -2.16. The third-order valence-corrected chi connectivity index (χ3v) is 5.54. The van der Waals surface area contributed by atoms with E-state index >= 15 is 0 Å². The molecule has 38 heavy (non-hydrogen) atoms. The van der Waals surface area contributed by atoms with Gasteiger partial charge in [0.25, 0.3) is 0 Å². The number of para-hydroxylation sites is 2. The monoisotopic (exact) mass is 504 g/mol. The number of benzene rings is 3. The molecule has 2 aromatic heterocycles. The summed E-state index contributed by atoms with van der Waals surface area (Å²) in [4.78, 5) is 41.1. The number of hydrogen-bond donors (Lipinski definition) is 4. The fourth-order valence-electron chi connectivity index (χ4n) is 3.68. The predicted molar refractivity (Wildman–Crippen MR) is 142 cm³/mol. The van der Waals surface area contributed by atoms with Crippen LogP contribution in [0.1, 0.15) is 20.7 Å². The van der Waals surface area contributed by atoms with E-state index in [4.69, 9.17) is 0 Å². The number of carboxylic acids is 2. The number of anilines is 4. The Labute approximate surface area is 216 Å². The van der Waals surface area contributed by atoms with Crippen molar-refractivity contribution >= 4 is 34.9 Å². The van der Waals surface area contributed by atoms with Gasteiger partial charge in [-0.25, -0.2) is 29.5 Å². The fraction of sp³-hybridized carbons (Fsp3) is 0. The Balaban J connectivity index is 1.53. The first-order chi connectivity index (χ1) is 18.5. The molecule has 5 aromatic rings. The molecule has 0 fully saturated rings. The van der Waals surface area contributed by atoms with Crippen molar-refractivity contribution in [3.8, 4) is 22.8 Å². The van der Waals surface area contributed by atoms with Gasteiger partial charge in [0.05, 0.1) is 11.4 Å². The molecule has 0 saturated heterocycles. The Bertz CT molecular complexity index is 1510. The lowest BCUT2D eigenvalue weighted by atomic mass is 10.2. The highest BCUT2D eigenvalue weighted by Gasteiger charge is 2.18. The maximum absolute atomic E-state index is 11.9. The van der Waals surface area contributed by atoms with Crippen LogP contribution in [-0.2, 0) is 0 Å². The number of hydrogen-bond acceptors (Lipinski definition) is 8. The quantitative estimate of drug-likeness (QED) is 0.214. The first kappa shape index (κ1) is 24.1. The van der Waals surface area contributed by atoms with Crippen LogP contribution in [0.2, 0.25) is 0 Å². The van der Waals surface area contributed by atoms with E-state index < -0.39 is 11.9 Å². The third kappa shape index (κ3) is 5.14. The van der Waals surface area contributed by atoms with Gasteiger partial charge in [0.1, 0.15) is 22.8 Å². The molecule has 10 heteroatoms. The van der Waals surface area contributed by atoms with Gasteiger partial charge in [0.15, 0.2) is 11.6 Å². The molecule has 0 atom stereocenters. The number of aromatic nitrogens is 4. The summed E-state index contributed by atoms with van der Waals surface area (Å²) in [5.74, 6) is -1.55. The maximum Gasteiger partial charge on any atom is 0.341 e. The number of carbonyl (C=O) groups is 2. The molecule has 0 aliphatic carbocycles. The van der Waals surface area contributed by atoms with E-state index in [0.717, 1.165) is 11.1 Å². The molecular weight excluding hydrogens is 484 g/mol. The van der Waals surface area contributed by atoms with Crippen LogP contribution in [0.25, 0.3) is 22.8 Å². The van der Waals surface area contributed by atoms with E-state index in [9.17, 15) is 19.8 Å². The van der Waals surface area contributed by atoms with Gasteiger partial charge in [0, 0.05) is 23.5 Å². The topological polar surface area (TPSA) is 150 Å². The largest absolute Gasteiger partial charge is 0.477 e. The summed E-state index contributed by atoms with van der Waals surface area (Å²) in [5.41, 5.74) is 2.09. The zero-order chi connectivity index (χ0) is 26.5. The predicted octanol–water partition coefficient (Wildman–Crippen LogP) is 5.48. The summed E-state index contributed by atoms with van der Waals surface area (Å²) in [5, 5.41) is 25.6. The van der Waals surface area contributed by atoms with Crippen molar-refractivity contribution in [2.45, 2.75) is 0 Å². The highest BCUT2D eigenvalue weighted by Crippen LogP contribution is 2.31. The molecule has 5 rings (SSSR count). The second-order valence-corrected chi connectivity index (χ2v) is 8.05. The lowest BCUT2D eigenvalue weighted by molar-refractivity contribution is 0.0686. The number of nitrogens with one attached hydrogen (secondary N) is 2. The molecule has 186 valence electrons. The van der Waals surface area contributed by atoms with Gasteiger partial charge in [-0.3, -0.25) is 0 Å². The van der Waals surface area contributed by atoms with Crippen molar-refractivity contribution in [1.82, 2.24) is 19.9 Å². The third-order valence-electron chi connectivity index (χ3n) is 5.54. The van der Waals surface area contributed by atoms with Crippen molar-refractivity contribution in [2.75, 3.05) is 10.6 Å². The SMILES string of the molecule is O=C(O)c1cnc(-c2ccccc2)nc1Nc1ccccc1Nc1nc(-c2ccccc2)ncc1C(=O)O. The summed E-state index contributed by atoms with van der Waals surface area (Å²) in [6.07, 6.45) is 2.49. The van der Waals surface area contributed by atoms with Crippen molar-refractivity contribution in [3.05, 3.63) is 108 Å². The minimum Gasteiger partial charge on any atom is -0.477 e. The smallest absolute Gasteiger partial charge is 0.341 e. The highest BCUT2D eigenvalue weighted by molar-refractivity contribution is 5.96. The summed E-state index contributed by atoms with van der Waals surface area (Å²) in [7, 11) is 0. The summed E-state index contributed by atoms with van der Waals surface area (Å²) in [6, 6.07) is 25.3. The molecule has 0 amide bonds. The van der Waals surface area contributed by atoms with Crippen LogP contribution < -0.4 is 10.6 Å². The molecular formula is C28H20N6O4. The molecule has 0 radical (unpaired) electrons. The summed E-state index contributed by atoms with van der Waals surface area (Å²) in [6.45, 7) is 0. The normalized spacial score (nSPS) is 10.5. The van der Waals surface area contributed by atoms with E-state index in [1.54, 1.807) is 24.3 Å².